The predicted molar refractivity (Wildman–Crippen MR) is 101 cm³/mol. The number of benzene rings is 3. The number of carbonyl (C=O) groups excluding carboxylic acids is 1. The SMILES string of the molecule is O=C(CCOC(Cc1ccccc1)c1ccccc1)c1ccccc1. The smallest absolute Gasteiger partial charge is 0.165 e. The second kappa shape index (κ2) is 8.95. The van der Waals surface area contributed by atoms with E-state index >= 15 is 0 Å². The number of ketones is 1. The van der Waals surface area contributed by atoms with Crippen molar-refractivity contribution in [3.8, 4) is 0 Å². The van der Waals surface area contributed by atoms with Crippen molar-refractivity contribution in [1.82, 2.24) is 0 Å². The first-order chi connectivity index (χ1) is 12.3. The minimum Gasteiger partial charge on any atom is -0.373 e. The van der Waals surface area contributed by atoms with Gasteiger partial charge in [0.25, 0.3) is 0 Å². The number of ether oxygens (including phenoxy) is 1. The molecule has 126 valence electrons. The Kier molecular flexibility index (Phi) is 6.13. The van der Waals surface area contributed by atoms with E-state index in [0.717, 1.165) is 17.5 Å². The molecule has 3 aromatic carbocycles. The maximum Gasteiger partial charge on any atom is 0.165 e. The highest BCUT2D eigenvalue weighted by atomic mass is 16.5. The van der Waals surface area contributed by atoms with Gasteiger partial charge in [-0.15, -0.1) is 0 Å². The summed E-state index contributed by atoms with van der Waals surface area (Å²) in [6.45, 7) is 0.417. The third-order valence-corrected chi connectivity index (χ3v) is 4.18. The second-order valence-electron chi connectivity index (χ2n) is 6.00. The highest BCUT2D eigenvalue weighted by Gasteiger charge is 2.14. The van der Waals surface area contributed by atoms with Crippen molar-refractivity contribution < 1.29 is 9.53 Å². The summed E-state index contributed by atoms with van der Waals surface area (Å²) in [4.78, 5) is 12.2. The Morgan fingerprint density at radius 1 is 0.760 bits per heavy atom. The molecule has 25 heavy (non-hydrogen) atoms. The van der Waals surface area contributed by atoms with Crippen LogP contribution in [0.2, 0.25) is 0 Å². The van der Waals surface area contributed by atoms with Gasteiger partial charge in [-0.25, -0.2) is 0 Å². The average molecular weight is 330 g/mol. The van der Waals surface area contributed by atoms with Gasteiger partial charge in [0.05, 0.1) is 12.7 Å². The van der Waals surface area contributed by atoms with Crippen molar-refractivity contribution in [2.24, 2.45) is 0 Å². The lowest BCUT2D eigenvalue weighted by molar-refractivity contribution is 0.0484. The Morgan fingerprint density at radius 3 is 1.96 bits per heavy atom. The standard InChI is InChI=1S/C23H22O2/c24-22(20-12-6-2-7-13-20)16-17-25-23(21-14-8-3-9-15-21)18-19-10-4-1-5-11-19/h1-15,23H,16-18H2. The van der Waals surface area contributed by atoms with E-state index in [1.54, 1.807) is 0 Å². The minimum atomic E-state index is -0.0489. The van der Waals surface area contributed by atoms with Gasteiger partial charge in [0, 0.05) is 18.4 Å². The molecule has 2 nitrogen and oxygen atoms in total. The van der Waals surface area contributed by atoms with Gasteiger partial charge in [0.2, 0.25) is 0 Å². The van der Waals surface area contributed by atoms with Crippen molar-refractivity contribution in [3.63, 3.8) is 0 Å². The molecule has 3 rings (SSSR count). The summed E-state index contributed by atoms with van der Waals surface area (Å²) in [6.07, 6.45) is 1.14. The molecule has 0 spiro atoms. The monoisotopic (exact) mass is 330 g/mol. The molecular formula is C23H22O2. The third-order valence-electron chi connectivity index (χ3n) is 4.18. The van der Waals surface area contributed by atoms with Crippen LogP contribution in [0.3, 0.4) is 0 Å². The Balaban J connectivity index is 1.63. The number of rotatable bonds is 8. The van der Waals surface area contributed by atoms with E-state index in [1.807, 2.05) is 66.7 Å². The molecule has 0 bridgehead atoms. The van der Waals surface area contributed by atoms with E-state index in [1.165, 1.54) is 5.56 Å². The van der Waals surface area contributed by atoms with Gasteiger partial charge >= 0.3 is 0 Å². The summed E-state index contributed by atoms with van der Waals surface area (Å²) < 4.78 is 6.10. The van der Waals surface area contributed by atoms with Crippen LogP contribution in [0, 0.1) is 0 Å². The normalized spacial score (nSPS) is 11.8. The minimum absolute atomic E-state index is 0.0489. The Hall–Kier alpha value is -2.71. The molecule has 0 saturated heterocycles. The summed E-state index contributed by atoms with van der Waals surface area (Å²) >= 11 is 0. The van der Waals surface area contributed by atoms with Gasteiger partial charge in [-0.1, -0.05) is 91.0 Å². The second-order valence-corrected chi connectivity index (χ2v) is 6.00. The van der Waals surface area contributed by atoms with Gasteiger partial charge in [-0.3, -0.25) is 4.79 Å². The van der Waals surface area contributed by atoms with Crippen LogP contribution in [-0.2, 0) is 11.2 Å². The molecule has 1 atom stereocenters. The van der Waals surface area contributed by atoms with Gasteiger partial charge in [-0.05, 0) is 11.1 Å². The van der Waals surface area contributed by atoms with E-state index in [-0.39, 0.29) is 11.9 Å². The molecule has 0 radical (unpaired) electrons. The Bertz CT molecular complexity index is 767. The zero-order valence-electron chi connectivity index (χ0n) is 14.2. The van der Waals surface area contributed by atoms with Crippen LogP contribution in [0.4, 0.5) is 0 Å². The molecule has 0 amide bonds. The summed E-state index contributed by atoms with van der Waals surface area (Å²) in [7, 11) is 0. The van der Waals surface area contributed by atoms with Gasteiger partial charge in [-0.2, -0.15) is 0 Å². The van der Waals surface area contributed by atoms with Gasteiger partial charge < -0.3 is 4.74 Å². The van der Waals surface area contributed by atoms with Crippen molar-refractivity contribution in [3.05, 3.63) is 108 Å². The maximum atomic E-state index is 12.2. The van der Waals surface area contributed by atoms with Gasteiger partial charge in [0.15, 0.2) is 5.78 Å². The fraction of sp³-hybridized carbons (Fsp3) is 0.174. The highest BCUT2D eigenvalue weighted by Crippen LogP contribution is 2.22. The molecule has 3 aromatic rings. The third kappa shape index (κ3) is 5.13. The molecule has 1 unspecified atom stereocenters. The highest BCUT2D eigenvalue weighted by molar-refractivity contribution is 5.96. The van der Waals surface area contributed by atoms with Crippen molar-refractivity contribution in [2.45, 2.75) is 18.9 Å². The first-order valence-electron chi connectivity index (χ1n) is 8.61. The summed E-state index contributed by atoms with van der Waals surface area (Å²) in [5.74, 6) is 0.118. The summed E-state index contributed by atoms with van der Waals surface area (Å²) in [5, 5.41) is 0. The molecule has 0 aliphatic carbocycles. The molecule has 0 fully saturated rings. The lowest BCUT2D eigenvalue weighted by atomic mass is 10.0. The fourth-order valence-electron chi connectivity index (χ4n) is 2.83. The van der Waals surface area contributed by atoms with Gasteiger partial charge in [0.1, 0.15) is 0 Å². The van der Waals surface area contributed by atoms with E-state index in [4.69, 9.17) is 4.74 Å². The number of hydrogen-bond acceptors (Lipinski definition) is 2. The summed E-state index contributed by atoms with van der Waals surface area (Å²) in [6, 6.07) is 29.9. The van der Waals surface area contributed by atoms with Crippen molar-refractivity contribution >= 4 is 5.78 Å². The molecule has 0 saturated carbocycles. The van der Waals surface area contributed by atoms with E-state index in [0.29, 0.717) is 13.0 Å². The van der Waals surface area contributed by atoms with E-state index < -0.39 is 0 Å². The number of Topliss-reactive ketones (excluding diaryl/α,β-unsaturated/α-hetero) is 1. The molecule has 0 aromatic heterocycles. The molecular weight excluding hydrogens is 308 g/mol. The molecule has 2 heteroatoms. The van der Waals surface area contributed by atoms with Crippen LogP contribution in [0.1, 0.15) is 34.0 Å². The van der Waals surface area contributed by atoms with Crippen LogP contribution in [0.25, 0.3) is 0 Å². The predicted octanol–water partition coefficient (Wildman–Crippen LogP) is 5.26. The van der Waals surface area contributed by atoms with Crippen molar-refractivity contribution in [2.75, 3.05) is 6.61 Å². The van der Waals surface area contributed by atoms with Crippen molar-refractivity contribution in [1.29, 1.82) is 0 Å². The quantitative estimate of drug-likeness (QED) is 0.527. The zero-order chi connectivity index (χ0) is 17.3. The zero-order valence-corrected chi connectivity index (χ0v) is 14.2. The fourth-order valence-corrected chi connectivity index (χ4v) is 2.83. The van der Waals surface area contributed by atoms with E-state index in [2.05, 4.69) is 24.3 Å². The number of carbonyl (C=O) groups is 1. The van der Waals surface area contributed by atoms with Crippen LogP contribution >= 0.6 is 0 Å². The first-order valence-corrected chi connectivity index (χ1v) is 8.61. The Morgan fingerprint density at radius 2 is 1.32 bits per heavy atom. The van der Waals surface area contributed by atoms with Crippen LogP contribution in [0.15, 0.2) is 91.0 Å². The van der Waals surface area contributed by atoms with Crippen LogP contribution in [0.5, 0.6) is 0 Å². The van der Waals surface area contributed by atoms with E-state index in [9.17, 15) is 4.79 Å². The average Bonchev–Trinajstić information content (AvgIpc) is 2.69. The lowest BCUT2D eigenvalue weighted by Crippen LogP contribution is -2.11. The maximum absolute atomic E-state index is 12.2. The number of hydrogen-bond donors (Lipinski definition) is 0. The first kappa shape index (κ1) is 17.1. The Labute approximate surface area is 149 Å². The molecule has 0 aliphatic heterocycles. The molecule has 0 N–H and O–H groups in total. The topological polar surface area (TPSA) is 26.3 Å². The van der Waals surface area contributed by atoms with Crippen LogP contribution < -0.4 is 0 Å². The lowest BCUT2D eigenvalue weighted by Gasteiger charge is -2.18. The van der Waals surface area contributed by atoms with Crippen LogP contribution in [-0.4, -0.2) is 12.4 Å². The largest absolute Gasteiger partial charge is 0.373 e. The molecule has 0 heterocycles. The summed E-state index contributed by atoms with van der Waals surface area (Å²) in [5.41, 5.74) is 3.11. The molecule has 0 aliphatic rings.